The van der Waals surface area contributed by atoms with Gasteiger partial charge in [-0.25, -0.2) is 0 Å². The standard InChI is InChI=1S/C15H18Cl2N2/c1-9-6-10(7-15(2,3)8-18)11-4-5-12(16)13(17)14(11)19-9/h4-6H,7-8,18H2,1-3H3. The molecule has 0 aliphatic carbocycles. The zero-order valence-corrected chi connectivity index (χ0v) is 12.9. The molecular formula is C15H18Cl2N2. The van der Waals surface area contributed by atoms with E-state index in [9.17, 15) is 0 Å². The maximum atomic E-state index is 6.26. The van der Waals surface area contributed by atoms with E-state index in [2.05, 4.69) is 24.9 Å². The Labute approximate surface area is 123 Å². The summed E-state index contributed by atoms with van der Waals surface area (Å²) in [5, 5.41) is 2.12. The molecule has 0 fully saturated rings. The maximum Gasteiger partial charge on any atom is 0.0909 e. The van der Waals surface area contributed by atoms with E-state index in [0.29, 0.717) is 16.6 Å². The average Bonchev–Trinajstić information content (AvgIpc) is 2.34. The normalized spacial score (nSPS) is 12.1. The number of pyridine rings is 1. The second-order valence-electron chi connectivity index (χ2n) is 5.73. The van der Waals surface area contributed by atoms with Crippen molar-refractivity contribution >= 4 is 34.1 Å². The van der Waals surface area contributed by atoms with E-state index in [1.165, 1.54) is 5.56 Å². The van der Waals surface area contributed by atoms with Crippen LogP contribution < -0.4 is 5.73 Å². The van der Waals surface area contributed by atoms with Crippen LogP contribution in [0, 0.1) is 12.3 Å². The fraction of sp³-hybridized carbons (Fsp3) is 0.400. The van der Waals surface area contributed by atoms with Crippen molar-refractivity contribution in [1.29, 1.82) is 0 Å². The number of nitrogens with two attached hydrogens (primary N) is 1. The van der Waals surface area contributed by atoms with Gasteiger partial charge in [0.15, 0.2) is 0 Å². The van der Waals surface area contributed by atoms with Crippen molar-refractivity contribution in [2.75, 3.05) is 6.54 Å². The van der Waals surface area contributed by atoms with Gasteiger partial charge in [-0.2, -0.15) is 0 Å². The molecule has 102 valence electrons. The quantitative estimate of drug-likeness (QED) is 0.913. The minimum Gasteiger partial charge on any atom is -0.330 e. The van der Waals surface area contributed by atoms with Crippen molar-refractivity contribution in [1.82, 2.24) is 4.98 Å². The van der Waals surface area contributed by atoms with Crippen molar-refractivity contribution in [3.63, 3.8) is 0 Å². The summed E-state index contributed by atoms with van der Waals surface area (Å²) in [4.78, 5) is 4.50. The molecule has 2 N–H and O–H groups in total. The first-order valence-electron chi connectivity index (χ1n) is 6.28. The molecule has 0 unspecified atom stereocenters. The molecule has 1 aromatic carbocycles. The molecule has 4 heteroatoms. The summed E-state index contributed by atoms with van der Waals surface area (Å²) >= 11 is 12.3. The molecule has 2 nitrogen and oxygen atoms in total. The Bertz CT molecular complexity index is 621. The first-order chi connectivity index (χ1) is 8.84. The summed E-state index contributed by atoms with van der Waals surface area (Å²) in [5.74, 6) is 0. The highest BCUT2D eigenvalue weighted by Crippen LogP contribution is 2.33. The summed E-state index contributed by atoms with van der Waals surface area (Å²) < 4.78 is 0. The SMILES string of the molecule is Cc1cc(CC(C)(C)CN)c2ccc(Cl)c(Cl)c2n1. The molecular weight excluding hydrogens is 279 g/mol. The lowest BCUT2D eigenvalue weighted by atomic mass is 9.84. The smallest absolute Gasteiger partial charge is 0.0909 e. The van der Waals surface area contributed by atoms with Crippen LogP contribution in [0.3, 0.4) is 0 Å². The zero-order valence-electron chi connectivity index (χ0n) is 11.4. The summed E-state index contributed by atoms with van der Waals surface area (Å²) in [7, 11) is 0. The summed E-state index contributed by atoms with van der Waals surface area (Å²) in [6.45, 7) is 6.92. The molecule has 19 heavy (non-hydrogen) atoms. The van der Waals surface area contributed by atoms with Gasteiger partial charge in [-0.15, -0.1) is 0 Å². The fourth-order valence-corrected chi connectivity index (χ4v) is 2.54. The number of nitrogens with zero attached hydrogens (tertiary/aromatic N) is 1. The van der Waals surface area contributed by atoms with E-state index < -0.39 is 0 Å². The minimum absolute atomic E-state index is 0.0484. The lowest BCUT2D eigenvalue weighted by molar-refractivity contribution is 0.378. The molecule has 0 saturated heterocycles. The number of hydrogen-bond acceptors (Lipinski definition) is 2. The van der Waals surface area contributed by atoms with Crippen LogP contribution in [0.15, 0.2) is 18.2 Å². The van der Waals surface area contributed by atoms with Gasteiger partial charge >= 0.3 is 0 Å². The Kier molecular flexibility index (Phi) is 4.05. The van der Waals surface area contributed by atoms with Gasteiger partial charge in [0, 0.05) is 11.1 Å². The van der Waals surface area contributed by atoms with E-state index in [1.54, 1.807) is 0 Å². The third-order valence-corrected chi connectivity index (χ3v) is 4.10. The van der Waals surface area contributed by atoms with Crippen LogP contribution in [0.2, 0.25) is 10.0 Å². The number of aryl methyl sites for hydroxylation is 1. The number of benzene rings is 1. The molecule has 2 aromatic rings. The van der Waals surface area contributed by atoms with Gasteiger partial charge in [0.25, 0.3) is 0 Å². The Morgan fingerprint density at radius 2 is 1.95 bits per heavy atom. The largest absolute Gasteiger partial charge is 0.330 e. The monoisotopic (exact) mass is 296 g/mol. The van der Waals surface area contributed by atoms with Crippen LogP contribution in [-0.4, -0.2) is 11.5 Å². The first-order valence-corrected chi connectivity index (χ1v) is 7.04. The maximum absolute atomic E-state index is 6.26. The summed E-state index contributed by atoms with van der Waals surface area (Å²) in [6, 6.07) is 5.91. The van der Waals surface area contributed by atoms with Gasteiger partial charge < -0.3 is 5.73 Å². The first kappa shape index (κ1) is 14.6. The Balaban J connectivity index is 2.65. The highest BCUT2D eigenvalue weighted by molar-refractivity contribution is 6.45. The molecule has 1 aromatic heterocycles. The van der Waals surface area contributed by atoms with Gasteiger partial charge in [-0.1, -0.05) is 43.1 Å². The second kappa shape index (κ2) is 5.28. The van der Waals surface area contributed by atoms with Crippen molar-refractivity contribution in [2.24, 2.45) is 11.1 Å². The summed E-state index contributed by atoms with van der Waals surface area (Å²) in [5.41, 5.74) is 8.81. The number of rotatable bonds is 3. The van der Waals surface area contributed by atoms with Gasteiger partial charge in [0.1, 0.15) is 0 Å². The molecule has 0 radical (unpaired) electrons. The van der Waals surface area contributed by atoms with Crippen LogP contribution in [-0.2, 0) is 6.42 Å². The van der Waals surface area contributed by atoms with Crippen molar-refractivity contribution < 1.29 is 0 Å². The van der Waals surface area contributed by atoms with E-state index in [1.807, 2.05) is 19.1 Å². The summed E-state index contributed by atoms with van der Waals surface area (Å²) in [6.07, 6.45) is 0.890. The molecule has 0 bridgehead atoms. The van der Waals surface area contributed by atoms with Crippen LogP contribution in [0.25, 0.3) is 10.9 Å². The third-order valence-electron chi connectivity index (χ3n) is 3.31. The lowest BCUT2D eigenvalue weighted by Gasteiger charge is -2.23. The van der Waals surface area contributed by atoms with Crippen LogP contribution in [0.4, 0.5) is 0 Å². The van der Waals surface area contributed by atoms with E-state index in [4.69, 9.17) is 28.9 Å². The molecule has 1 heterocycles. The van der Waals surface area contributed by atoms with Gasteiger partial charge in [0.05, 0.1) is 15.6 Å². The number of hydrogen-bond donors (Lipinski definition) is 1. The molecule has 0 aliphatic rings. The van der Waals surface area contributed by atoms with E-state index >= 15 is 0 Å². The molecule has 0 saturated carbocycles. The Hall–Kier alpha value is -0.830. The van der Waals surface area contributed by atoms with E-state index in [-0.39, 0.29) is 5.41 Å². The number of aromatic nitrogens is 1. The van der Waals surface area contributed by atoms with Gasteiger partial charge in [-0.05, 0) is 43.0 Å². The van der Waals surface area contributed by atoms with Crippen LogP contribution in [0.1, 0.15) is 25.1 Å². The van der Waals surface area contributed by atoms with Gasteiger partial charge in [0.2, 0.25) is 0 Å². The van der Waals surface area contributed by atoms with Crippen LogP contribution >= 0.6 is 23.2 Å². The van der Waals surface area contributed by atoms with E-state index in [0.717, 1.165) is 23.0 Å². The predicted molar refractivity (Wildman–Crippen MR) is 83.0 cm³/mol. The number of fused-ring (bicyclic) bond motifs is 1. The molecule has 0 spiro atoms. The predicted octanol–water partition coefficient (Wildman–Crippen LogP) is 4.38. The molecule has 0 aliphatic heterocycles. The topological polar surface area (TPSA) is 38.9 Å². The average molecular weight is 297 g/mol. The molecule has 2 rings (SSSR count). The van der Waals surface area contributed by atoms with Crippen molar-refractivity contribution in [2.45, 2.75) is 27.2 Å². The van der Waals surface area contributed by atoms with Gasteiger partial charge in [-0.3, -0.25) is 4.98 Å². The fourth-order valence-electron chi connectivity index (χ4n) is 2.18. The van der Waals surface area contributed by atoms with Crippen molar-refractivity contribution in [3.8, 4) is 0 Å². The van der Waals surface area contributed by atoms with Crippen molar-refractivity contribution in [3.05, 3.63) is 39.5 Å². The molecule has 0 atom stereocenters. The lowest BCUT2D eigenvalue weighted by Crippen LogP contribution is -2.26. The molecule has 0 amide bonds. The zero-order chi connectivity index (χ0) is 14.2. The second-order valence-corrected chi connectivity index (χ2v) is 6.51. The highest BCUT2D eigenvalue weighted by Gasteiger charge is 2.19. The van der Waals surface area contributed by atoms with Crippen LogP contribution in [0.5, 0.6) is 0 Å². The Morgan fingerprint density at radius 3 is 2.58 bits per heavy atom. The minimum atomic E-state index is 0.0484. The Morgan fingerprint density at radius 1 is 1.26 bits per heavy atom. The third kappa shape index (κ3) is 3.02. The number of halogens is 2. The highest BCUT2D eigenvalue weighted by atomic mass is 35.5.